The first-order valence-electron chi connectivity index (χ1n) is 6.98. The lowest BCUT2D eigenvalue weighted by Gasteiger charge is -2.18. The Labute approximate surface area is 125 Å². The first-order valence-corrected chi connectivity index (χ1v) is 6.98. The molecule has 0 saturated carbocycles. The molecule has 1 rings (SSSR count). The Balaban J connectivity index is 2.95. The fourth-order valence-electron chi connectivity index (χ4n) is 1.85. The Morgan fingerprint density at radius 1 is 1.33 bits per heavy atom. The predicted octanol–water partition coefficient (Wildman–Crippen LogP) is 1.63. The molecule has 0 spiro atoms. The summed E-state index contributed by atoms with van der Waals surface area (Å²) >= 11 is 0. The Kier molecular flexibility index (Phi) is 7.56. The molecule has 21 heavy (non-hydrogen) atoms. The van der Waals surface area contributed by atoms with E-state index in [1.807, 2.05) is 6.92 Å². The van der Waals surface area contributed by atoms with Gasteiger partial charge in [-0.1, -0.05) is 6.07 Å². The van der Waals surface area contributed by atoms with Gasteiger partial charge in [-0.05, 0) is 31.5 Å². The molecule has 2 N–H and O–H groups in total. The van der Waals surface area contributed by atoms with E-state index >= 15 is 0 Å². The monoisotopic (exact) mass is 297 g/mol. The largest absolute Gasteiger partial charge is 0.504 e. The molecule has 1 aromatic carbocycles. The zero-order valence-electron chi connectivity index (χ0n) is 12.7. The highest BCUT2D eigenvalue weighted by molar-refractivity contribution is 5.78. The number of rotatable bonds is 9. The van der Waals surface area contributed by atoms with E-state index in [1.165, 1.54) is 6.07 Å². The topological polar surface area (TPSA) is 77.0 Å². The highest BCUT2D eigenvalue weighted by atomic mass is 16.5. The smallest absolute Gasteiger partial charge is 0.327 e. The summed E-state index contributed by atoms with van der Waals surface area (Å²) in [5.41, 5.74) is 0.672. The molecule has 0 aromatic heterocycles. The van der Waals surface area contributed by atoms with Crippen molar-refractivity contribution < 1.29 is 24.1 Å². The summed E-state index contributed by atoms with van der Waals surface area (Å²) < 4.78 is 15.4. The average Bonchev–Trinajstić information content (AvgIpc) is 2.47. The summed E-state index contributed by atoms with van der Waals surface area (Å²) in [4.78, 5) is 12.1. The molecular weight excluding hydrogens is 274 g/mol. The van der Waals surface area contributed by atoms with E-state index in [2.05, 4.69) is 5.32 Å². The molecule has 0 saturated heterocycles. The number of ether oxygens (including phenoxy) is 3. The first-order chi connectivity index (χ1) is 10.1. The molecule has 0 fully saturated rings. The summed E-state index contributed by atoms with van der Waals surface area (Å²) in [6.45, 7) is 5.30. The molecule has 1 atom stereocenters. The molecule has 0 aliphatic rings. The van der Waals surface area contributed by atoms with Crippen LogP contribution in [0.1, 0.15) is 25.5 Å². The van der Waals surface area contributed by atoms with Crippen LogP contribution in [-0.4, -0.2) is 44.6 Å². The zero-order chi connectivity index (χ0) is 15.7. The maximum Gasteiger partial charge on any atom is 0.327 e. The van der Waals surface area contributed by atoms with Crippen LogP contribution in [0.2, 0.25) is 0 Å². The van der Waals surface area contributed by atoms with Crippen molar-refractivity contribution in [3.8, 4) is 11.5 Å². The SMILES string of the molecule is CCOC(=O)C(NCCOC)c1ccc(O)c(OCC)c1. The van der Waals surface area contributed by atoms with E-state index in [0.717, 1.165) is 0 Å². The van der Waals surface area contributed by atoms with E-state index in [4.69, 9.17) is 14.2 Å². The van der Waals surface area contributed by atoms with E-state index < -0.39 is 6.04 Å². The van der Waals surface area contributed by atoms with Gasteiger partial charge >= 0.3 is 5.97 Å². The minimum atomic E-state index is -0.625. The lowest BCUT2D eigenvalue weighted by atomic mass is 10.1. The van der Waals surface area contributed by atoms with Gasteiger partial charge in [0.2, 0.25) is 0 Å². The number of carbonyl (C=O) groups is 1. The number of hydrogen-bond donors (Lipinski definition) is 2. The van der Waals surface area contributed by atoms with Crippen LogP contribution in [0.15, 0.2) is 18.2 Å². The number of benzene rings is 1. The van der Waals surface area contributed by atoms with Gasteiger partial charge in [0.15, 0.2) is 11.5 Å². The fourth-order valence-corrected chi connectivity index (χ4v) is 1.85. The molecule has 1 aromatic rings. The second-order valence-electron chi connectivity index (χ2n) is 4.29. The van der Waals surface area contributed by atoms with Crippen LogP contribution in [0.5, 0.6) is 11.5 Å². The van der Waals surface area contributed by atoms with Gasteiger partial charge in [-0.25, -0.2) is 4.79 Å². The van der Waals surface area contributed by atoms with Gasteiger partial charge < -0.3 is 19.3 Å². The average molecular weight is 297 g/mol. The second kappa shape index (κ2) is 9.20. The van der Waals surface area contributed by atoms with Gasteiger partial charge in [-0.15, -0.1) is 0 Å². The standard InChI is InChI=1S/C15H23NO5/c1-4-20-13-10-11(6-7-12(13)17)14(15(18)21-5-2)16-8-9-19-3/h6-7,10,14,16-17H,4-5,8-9H2,1-3H3. The van der Waals surface area contributed by atoms with E-state index in [0.29, 0.717) is 37.7 Å². The van der Waals surface area contributed by atoms with Crippen LogP contribution in [0.3, 0.4) is 0 Å². The van der Waals surface area contributed by atoms with Crippen molar-refractivity contribution in [2.24, 2.45) is 0 Å². The van der Waals surface area contributed by atoms with E-state index in [-0.39, 0.29) is 11.7 Å². The van der Waals surface area contributed by atoms with E-state index in [9.17, 15) is 9.90 Å². The number of phenols is 1. The molecule has 0 bridgehead atoms. The number of nitrogens with one attached hydrogen (secondary N) is 1. The summed E-state index contributed by atoms with van der Waals surface area (Å²) in [5.74, 6) is 0.0136. The first kappa shape index (κ1) is 17.3. The van der Waals surface area contributed by atoms with Crippen LogP contribution in [0.4, 0.5) is 0 Å². The van der Waals surface area contributed by atoms with Gasteiger partial charge in [-0.2, -0.15) is 0 Å². The van der Waals surface area contributed by atoms with Gasteiger partial charge in [0.1, 0.15) is 6.04 Å². The highest BCUT2D eigenvalue weighted by Crippen LogP contribution is 2.29. The van der Waals surface area contributed by atoms with Gasteiger partial charge in [-0.3, -0.25) is 5.32 Å². The molecule has 118 valence electrons. The Bertz CT molecular complexity index is 450. The third-order valence-electron chi connectivity index (χ3n) is 2.79. The quantitative estimate of drug-likeness (QED) is 0.533. The lowest BCUT2D eigenvalue weighted by molar-refractivity contribution is -0.145. The number of aromatic hydroxyl groups is 1. The number of phenolic OH excluding ortho intramolecular Hbond substituents is 1. The lowest BCUT2D eigenvalue weighted by Crippen LogP contribution is -2.32. The van der Waals surface area contributed by atoms with E-state index in [1.54, 1.807) is 26.2 Å². The van der Waals surface area contributed by atoms with Crippen molar-refractivity contribution in [3.63, 3.8) is 0 Å². The summed E-state index contributed by atoms with van der Waals surface area (Å²) in [6.07, 6.45) is 0. The molecule has 0 radical (unpaired) electrons. The Morgan fingerprint density at radius 2 is 2.10 bits per heavy atom. The van der Waals surface area contributed by atoms with Crippen molar-refractivity contribution in [2.75, 3.05) is 33.5 Å². The van der Waals surface area contributed by atoms with Crippen LogP contribution in [-0.2, 0) is 14.3 Å². The maximum absolute atomic E-state index is 12.1. The molecular formula is C15H23NO5. The molecule has 6 heteroatoms. The fraction of sp³-hybridized carbons (Fsp3) is 0.533. The van der Waals surface area contributed by atoms with Crippen molar-refractivity contribution in [1.82, 2.24) is 5.32 Å². The van der Waals surface area contributed by atoms with Crippen LogP contribution in [0, 0.1) is 0 Å². The maximum atomic E-state index is 12.1. The highest BCUT2D eigenvalue weighted by Gasteiger charge is 2.22. The number of carbonyl (C=O) groups excluding carboxylic acids is 1. The summed E-state index contributed by atoms with van der Waals surface area (Å²) in [6, 6.07) is 4.18. The van der Waals surface area contributed by atoms with Crippen molar-refractivity contribution in [1.29, 1.82) is 0 Å². The Morgan fingerprint density at radius 3 is 2.71 bits per heavy atom. The zero-order valence-corrected chi connectivity index (χ0v) is 12.7. The number of esters is 1. The van der Waals surface area contributed by atoms with Crippen LogP contribution >= 0.6 is 0 Å². The molecule has 0 heterocycles. The van der Waals surface area contributed by atoms with Crippen LogP contribution in [0.25, 0.3) is 0 Å². The number of methoxy groups -OCH3 is 1. The minimum Gasteiger partial charge on any atom is -0.504 e. The molecule has 6 nitrogen and oxygen atoms in total. The van der Waals surface area contributed by atoms with Gasteiger partial charge in [0, 0.05) is 13.7 Å². The van der Waals surface area contributed by atoms with Gasteiger partial charge in [0.25, 0.3) is 0 Å². The molecule has 0 aliphatic heterocycles. The summed E-state index contributed by atoms with van der Waals surface area (Å²) in [5, 5.41) is 12.8. The minimum absolute atomic E-state index is 0.0418. The molecule has 0 aliphatic carbocycles. The predicted molar refractivity (Wildman–Crippen MR) is 78.5 cm³/mol. The van der Waals surface area contributed by atoms with Crippen LogP contribution < -0.4 is 10.1 Å². The third kappa shape index (κ3) is 5.24. The third-order valence-corrected chi connectivity index (χ3v) is 2.79. The Hall–Kier alpha value is -1.79. The van der Waals surface area contributed by atoms with Crippen molar-refractivity contribution in [2.45, 2.75) is 19.9 Å². The van der Waals surface area contributed by atoms with Gasteiger partial charge in [0.05, 0.1) is 19.8 Å². The molecule has 1 unspecified atom stereocenters. The second-order valence-corrected chi connectivity index (χ2v) is 4.29. The van der Waals surface area contributed by atoms with Crippen molar-refractivity contribution >= 4 is 5.97 Å². The van der Waals surface area contributed by atoms with Crippen molar-refractivity contribution in [3.05, 3.63) is 23.8 Å². The molecule has 0 amide bonds. The normalized spacial score (nSPS) is 12.0. The number of hydrogen-bond acceptors (Lipinski definition) is 6. The summed E-state index contributed by atoms with van der Waals surface area (Å²) in [7, 11) is 1.59.